The van der Waals surface area contributed by atoms with Gasteiger partial charge in [0.2, 0.25) is 0 Å². The fourth-order valence-electron chi connectivity index (χ4n) is 2.06. The van der Waals surface area contributed by atoms with Gasteiger partial charge in [-0.1, -0.05) is 27.7 Å². The van der Waals surface area contributed by atoms with Gasteiger partial charge in [0.15, 0.2) is 0 Å². The molecule has 0 radical (unpaired) electrons. The summed E-state index contributed by atoms with van der Waals surface area (Å²) in [4.78, 5) is 6.31. The van der Waals surface area contributed by atoms with Crippen LogP contribution in [0.2, 0.25) is 0 Å². The first kappa shape index (κ1) is 15.7. The van der Waals surface area contributed by atoms with Gasteiger partial charge in [-0.25, -0.2) is 4.98 Å². The first-order chi connectivity index (χ1) is 9.47. The first-order valence-electron chi connectivity index (χ1n) is 7.22. The smallest absolute Gasteiger partial charge is 0.125 e. The number of thiazole rings is 1. The van der Waals surface area contributed by atoms with Crippen molar-refractivity contribution in [2.75, 3.05) is 0 Å². The summed E-state index contributed by atoms with van der Waals surface area (Å²) in [5.41, 5.74) is 3.92. The van der Waals surface area contributed by atoms with E-state index in [4.69, 9.17) is 4.98 Å². The summed E-state index contributed by atoms with van der Waals surface area (Å²) in [5, 5.41) is 9.12. The van der Waals surface area contributed by atoms with Gasteiger partial charge in [-0.2, -0.15) is 11.3 Å². The van der Waals surface area contributed by atoms with Crippen molar-refractivity contribution in [3.63, 3.8) is 0 Å². The van der Waals surface area contributed by atoms with E-state index in [0.717, 1.165) is 13.0 Å². The third-order valence-corrected chi connectivity index (χ3v) is 5.13. The maximum atomic E-state index is 4.92. The average Bonchev–Trinajstić information content (AvgIpc) is 2.92. The Labute approximate surface area is 130 Å². The number of nitrogens with one attached hydrogen (secondary N) is 1. The molecule has 110 valence electrons. The molecule has 0 saturated carbocycles. The molecule has 2 heterocycles. The Morgan fingerprint density at radius 3 is 2.50 bits per heavy atom. The van der Waals surface area contributed by atoms with Crippen LogP contribution in [0.15, 0.2) is 10.8 Å². The minimum atomic E-state index is 0.510. The van der Waals surface area contributed by atoms with Crippen LogP contribution < -0.4 is 5.32 Å². The second-order valence-corrected chi connectivity index (χ2v) is 7.82. The second-order valence-electron chi connectivity index (χ2n) is 5.99. The van der Waals surface area contributed by atoms with Crippen molar-refractivity contribution in [2.45, 2.75) is 53.6 Å². The van der Waals surface area contributed by atoms with Gasteiger partial charge in [0.25, 0.3) is 0 Å². The Morgan fingerprint density at radius 2 is 1.95 bits per heavy atom. The normalized spacial score (nSPS) is 11.8. The molecule has 2 aromatic rings. The predicted molar refractivity (Wildman–Crippen MR) is 90.7 cm³/mol. The molecule has 0 aliphatic rings. The van der Waals surface area contributed by atoms with Crippen LogP contribution in [0.3, 0.4) is 0 Å². The lowest BCUT2D eigenvalue weighted by molar-refractivity contribution is 0.581. The minimum absolute atomic E-state index is 0.510. The van der Waals surface area contributed by atoms with Crippen LogP contribution >= 0.6 is 22.7 Å². The van der Waals surface area contributed by atoms with Crippen LogP contribution in [0.25, 0.3) is 10.6 Å². The van der Waals surface area contributed by atoms with E-state index in [9.17, 15) is 0 Å². The van der Waals surface area contributed by atoms with Gasteiger partial charge in [0.1, 0.15) is 5.01 Å². The monoisotopic (exact) mass is 308 g/mol. The van der Waals surface area contributed by atoms with E-state index in [-0.39, 0.29) is 0 Å². The lowest BCUT2D eigenvalue weighted by Crippen LogP contribution is -2.22. The number of aryl methyl sites for hydroxylation is 1. The summed E-state index contributed by atoms with van der Waals surface area (Å²) in [6.07, 6.45) is 1.06. The minimum Gasteiger partial charge on any atom is -0.310 e. The maximum Gasteiger partial charge on any atom is 0.125 e. The third kappa shape index (κ3) is 3.90. The van der Waals surface area contributed by atoms with Crippen LogP contribution in [0, 0.1) is 12.8 Å². The van der Waals surface area contributed by atoms with E-state index in [0.29, 0.717) is 12.0 Å². The highest BCUT2D eigenvalue weighted by Crippen LogP contribution is 2.33. The van der Waals surface area contributed by atoms with Gasteiger partial charge in [0, 0.05) is 28.4 Å². The van der Waals surface area contributed by atoms with E-state index in [1.807, 2.05) is 11.3 Å². The van der Waals surface area contributed by atoms with Crippen LogP contribution in [0.5, 0.6) is 0 Å². The zero-order chi connectivity index (χ0) is 14.7. The molecule has 1 N–H and O–H groups in total. The van der Waals surface area contributed by atoms with Crippen molar-refractivity contribution in [3.8, 4) is 10.6 Å². The molecule has 0 aliphatic carbocycles. The molecular weight excluding hydrogens is 284 g/mol. The molecule has 0 saturated heterocycles. The molecule has 2 nitrogen and oxygen atoms in total. The van der Waals surface area contributed by atoms with Gasteiger partial charge in [0.05, 0.1) is 5.69 Å². The molecule has 0 aliphatic heterocycles. The molecule has 0 bridgehead atoms. The Balaban J connectivity index is 2.29. The quantitative estimate of drug-likeness (QED) is 0.823. The van der Waals surface area contributed by atoms with E-state index in [1.165, 1.54) is 26.7 Å². The highest BCUT2D eigenvalue weighted by atomic mass is 32.1. The van der Waals surface area contributed by atoms with E-state index in [1.54, 1.807) is 11.3 Å². The standard InChI is InChI=1S/C16H24N2S2/c1-10(2)6-14-15(7-17-11(3)4)20-16(18-14)13-9-19-8-12(13)5/h8-11,17H,6-7H2,1-5H3. The van der Waals surface area contributed by atoms with Crippen LogP contribution in [0.4, 0.5) is 0 Å². The Hall–Kier alpha value is -0.710. The molecule has 0 amide bonds. The summed E-state index contributed by atoms with van der Waals surface area (Å²) in [6, 6.07) is 0.510. The maximum absolute atomic E-state index is 4.92. The molecular formula is C16H24N2S2. The fourth-order valence-corrected chi connectivity index (χ4v) is 4.09. The average molecular weight is 309 g/mol. The molecule has 2 rings (SSSR count). The number of hydrogen-bond donors (Lipinski definition) is 1. The van der Waals surface area contributed by atoms with Crippen molar-refractivity contribution >= 4 is 22.7 Å². The summed E-state index contributed by atoms with van der Waals surface area (Å²) in [6.45, 7) is 12.0. The highest BCUT2D eigenvalue weighted by Gasteiger charge is 2.15. The van der Waals surface area contributed by atoms with Crippen molar-refractivity contribution in [1.82, 2.24) is 10.3 Å². The number of thiophene rings is 1. The Morgan fingerprint density at radius 1 is 1.20 bits per heavy atom. The van der Waals surface area contributed by atoms with Gasteiger partial charge in [-0.15, -0.1) is 11.3 Å². The van der Waals surface area contributed by atoms with Crippen molar-refractivity contribution in [3.05, 3.63) is 26.9 Å². The predicted octanol–water partition coefficient (Wildman–Crippen LogP) is 4.88. The van der Waals surface area contributed by atoms with E-state index >= 15 is 0 Å². The topological polar surface area (TPSA) is 24.9 Å². The lowest BCUT2D eigenvalue weighted by Gasteiger charge is -2.08. The molecule has 20 heavy (non-hydrogen) atoms. The summed E-state index contributed by atoms with van der Waals surface area (Å²) >= 11 is 3.61. The van der Waals surface area contributed by atoms with Gasteiger partial charge < -0.3 is 5.32 Å². The summed E-state index contributed by atoms with van der Waals surface area (Å²) in [5.74, 6) is 0.645. The molecule has 0 unspecified atom stereocenters. The first-order valence-corrected chi connectivity index (χ1v) is 8.98. The molecule has 0 spiro atoms. The van der Waals surface area contributed by atoms with Crippen LogP contribution in [0.1, 0.15) is 43.8 Å². The van der Waals surface area contributed by atoms with Crippen LogP contribution in [-0.4, -0.2) is 11.0 Å². The van der Waals surface area contributed by atoms with Crippen molar-refractivity contribution < 1.29 is 0 Å². The summed E-state index contributed by atoms with van der Waals surface area (Å²) in [7, 11) is 0. The second kappa shape index (κ2) is 6.83. The largest absolute Gasteiger partial charge is 0.310 e. The molecule has 2 aromatic heterocycles. The van der Waals surface area contributed by atoms with Gasteiger partial charge in [-0.3, -0.25) is 0 Å². The summed E-state index contributed by atoms with van der Waals surface area (Å²) < 4.78 is 0. The lowest BCUT2D eigenvalue weighted by atomic mass is 10.1. The third-order valence-electron chi connectivity index (χ3n) is 3.14. The molecule has 0 fully saturated rings. The number of hydrogen-bond acceptors (Lipinski definition) is 4. The fraction of sp³-hybridized carbons (Fsp3) is 0.562. The van der Waals surface area contributed by atoms with Crippen LogP contribution in [-0.2, 0) is 13.0 Å². The number of rotatable bonds is 6. The highest BCUT2D eigenvalue weighted by molar-refractivity contribution is 7.15. The number of nitrogens with zero attached hydrogens (tertiary/aromatic N) is 1. The number of aromatic nitrogens is 1. The zero-order valence-electron chi connectivity index (χ0n) is 13.0. The van der Waals surface area contributed by atoms with Gasteiger partial charge in [-0.05, 0) is 30.2 Å². The van der Waals surface area contributed by atoms with E-state index < -0.39 is 0 Å². The van der Waals surface area contributed by atoms with E-state index in [2.05, 4.69) is 50.7 Å². The SMILES string of the molecule is Cc1cscc1-c1nc(CC(C)C)c(CNC(C)C)s1. The van der Waals surface area contributed by atoms with Gasteiger partial charge >= 0.3 is 0 Å². The zero-order valence-corrected chi connectivity index (χ0v) is 14.6. The molecule has 0 atom stereocenters. The molecule has 0 aromatic carbocycles. The van der Waals surface area contributed by atoms with Crippen molar-refractivity contribution in [1.29, 1.82) is 0 Å². The van der Waals surface area contributed by atoms with Crippen molar-refractivity contribution in [2.24, 2.45) is 5.92 Å². The Kier molecular flexibility index (Phi) is 5.35. The Bertz CT molecular complexity index is 553. The molecule has 4 heteroatoms.